The lowest BCUT2D eigenvalue weighted by Crippen LogP contribution is -2.18. The first-order valence-electron chi connectivity index (χ1n) is 5.43. The van der Waals surface area contributed by atoms with Gasteiger partial charge < -0.3 is 5.43 Å². The molecule has 0 aliphatic carbocycles. The minimum atomic E-state index is -3.85. The number of hydrogen-bond donors (Lipinski definition) is 3. The van der Waals surface area contributed by atoms with Gasteiger partial charge in [-0.15, -0.1) is 10.2 Å². The maximum atomic E-state index is 12.3. The Balaban J connectivity index is 2.37. The Kier molecular flexibility index (Phi) is 4.52. The van der Waals surface area contributed by atoms with Crippen molar-refractivity contribution in [1.82, 2.24) is 15.2 Å². The molecule has 11 heteroatoms. The summed E-state index contributed by atoms with van der Waals surface area (Å²) in [6.07, 6.45) is 2.13. The van der Waals surface area contributed by atoms with Crippen molar-refractivity contribution in [2.24, 2.45) is 5.84 Å². The van der Waals surface area contributed by atoms with Crippen LogP contribution in [0.2, 0.25) is 0 Å². The molecule has 0 aliphatic heterocycles. The molecule has 0 spiro atoms. The fourth-order valence-corrected chi connectivity index (χ4v) is 3.88. The van der Waals surface area contributed by atoms with Crippen LogP contribution in [-0.4, -0.2) is 23.6 Å². The van der Waals surface area contributed by atoms with Crippen molar-refractivity contribution < 1.29 is 8.42 Å². The van der Waals surface area contributed by atoms with Gasteiger partial charge in [-0.25, -0.2) is 19.2 Å². The molecule has 0 aliphatic rings. The van der Waals surface area contributed by atoms with Crippen LogP contribution in [0.1, 0.15) is 11.9 Å². The molecule has 0 amide bonds. The van der Waals surface area contributed by atoms with E-state index in [4.69, 9.17) is 5.84 Å². The summed E-state index contributed by atoms with van der Waals surface area (Å²) in [6.45, 7) is 1.91. The fraction of sp³-hybridized carbons (Fsp3) is 0.222. The lowest BCUT2D eigenvalue weighted by atomic mass is 10.5. The standard InChI is InChI=1S/C9H11BrN6O2S2/c1-2-7-14-15-9(19-7)16-20(17,18)6-3-5(10)4-12-8(6)13-11/h3-4H,2,11H2,1H3,(H,12,13)(H,15,16). The number of hydrogen-bond acceptors (Lipinski definition) is 8. The molecule has 0 saturated carbocycles. The molecule has 0 saturated heterocycles. The number of nitrogens with one attached hydrogen (secondary N) is 2. The average molecular weight is 379 g/mol. The van der Waals surface area contributed by atoms with Crippen molar-refractivity contribution in [2.45, 2.75) is 18.2 Å². The molecule has 0 bridgehead atoms. The molecule has 2 aromatic rings. The number of nitrogen functional groups attached to an aromatic ring is 1. The highest BCUT2D eigenvalue weighted by Crippen LogP contribution is 2.25. The first-order valence-corrected chi connectivity index (χ1v) is 8.53. The van der Waals surface area contributed by atoms with Gasteiger partial charge in [0.25, 0.3) is 10.0 Å². The number of nitrogens with two attached hydrogens (primary N) is 1. The zero-order chi connectivity index (χ0) is 14.8. The summed E-state index contributed by atoms with van der Waals surface area (Å²) in [7, 11) is -3.85. The van der Waals surface area contributed by atoms with Crippen molar-refractivity contribution in [3.8, 4) is 0 Å². The molecule has 0 aromatic carbocycles. The number of aryl methyl sites for hydroxylation is 1. The third-order valence-electron chi connectivity index (χ3n) is 2.24. The Bertz CT molecular complexity index is 717. The summed E-state index contributed by atoms with van der Waals surface area (Å²) in [5.74, 6) is 5.31. The molecule has 2 aromatic heterocycles. The van der Waals surface area contributed by atoms with E-state index in [0.29, 0.717) is 10.9 Å². The van der Waals surface area contributed by atoms with Crippen molar-refractivity contribution in [3.05, 3.63) is 21.7 Å². The van der Waals surface area contributed by atoms with E-state index >= 15 is 0 Å². The van der Waals surface area contributed by atoms with E-state index in [9.17, 15) is 8.42 Å². The second kappa shape index (κ2) is 5.99. The highest BCUT2D eigenvalue weighted by atomic mass is 79.9. The van der Waals surface area contributed by atoms with Crippen LogP contribution >= 0.6 is 27.3 Å². The minimum absolute atomic E-state index is 0.0425. The zero-order valence-corrected chi connectivity index (χ0v) is 13.5. The largest absolute Gasteiger partial charge is 0.307 e. The normalized spacial score (nSPS) is 11.3. The lowest BCUT2D eigenvalue weighted by Gasteiger charge is -2.09. The van der Waals surface area contributed by atoms with Crippen molar-refractivity contribution in [1.29, 1.82) is 0 Å². The molecular formula is C9H11BrN6O2S2. The van der Waals surface area contributed by atoms with E-state index in [1.807, 2.05) is 6.92 Å². The topological polar surface area (TPSA) is 123 Å². The maximum Gasteiger partial charge on any atom is 0.267 e. The molecule has 108 valence electrons. The van der Waals surface area contributed by atoms with E-state index in [1.54, 1.807) is 0 Å². The van der Waals surface area contributed by atoms with Gasteiger partial charge in [-0.2, -0.15) is 0 Å². The third kappa shape index (κ3) is 3.23. The first kappa shape index (κ1) is 15.1. The number of rotatable bonds is 5. The van der Waals surface area contributed by atoms with E-state index in [2.05, 4.69) is 41.3 Å². The van der Waals surface area contributed by atoms with Gasteiger partial charge in [0.05, 0.1) is 0 Å². The molecule has 0 fully saturated rings. The van der Waals surface area contributed by atoms with Gasteiger partial charge in [0.2, 0.25) is 5.13 Å². The van der Waals surface area contributed by atoms with Crippen molar-refractivity contribution in [2.75, 3.05) is 10.1 Å². The Morgan fingerprint density at radius 3 is 2.80 bits per heavy atom. The Morgan fingerprint density at radius 1 is 1.45 bits per heavy atom. The number of nitrogens with zero attached hydrogens (tertiary/aromatic N) is 3. The average Bonchev–Trinajstić information content (AvgIpc) is 2.85. The van der Waals surface area contributed by atoms with E-state index in [-0.39, 0.29) is 15.8 Å². The van der Waals surface area contributed by atoms with Gasteiger partial charge in [0.15, 0.2) is 5.82 Å². The van der Waals surface area contributed by atoms with E-state index in [1.165, 1.54) is 23.6 Å². The van der Waals surface area contributed by atoms with Gasteiger partial charge in [0.1, 0.15) is 9.90 Å². The van der Waals surface area contributed by atoms with Gasteiger partial charge in [-0.1, -0.05) is 18.3 Å². The molecule has 20 heavy (non-hydrogen) atoms. The lowest BCUT2D eigenvalue weighted by molar-refractivity contribution is 0.601. The summed E-state index contributed by atoms with van der Waals surface area (Å²) in [5, 5.41) is 8.56. The highest BCUT2D eigenvalue weighted by molar-refractivity contribution is 9.10. The van der Waals surface area contributed by atoms with Gasteiger partial charge in [-0.3, -0.25) is 4.72 Å². The van der Waals surface area contributed by atoms with E-state index in [0.717, 1.165) is 5.01 Å². The molecule has 4 N–H and O–H groups in total. The second-order valence-electron chi connectivity index (χ2n) is 3.60. The quantitative estimate of drug-likeness (QED) is 0.529. The summed E-state index contributed by atoms with van der Waals surface area (Å²) >= 11 is 4.35. The second-order valence-corrected chi connectivity index (χ2v) is 7.23. The fourth-order valence-electron chi connectivity index (χ4n) is 1.34. The number of pyridine rings is 1. The summed E-state index contributed by atoms with van der Waals surface area (Å²) in [4.78, 5) is 3.81. The molecule has 2 rings (SSSR count). The van der Waals surface area contributed by atoms with Crippen LogP contribution in [0.15, 0.2) is 21.6 Å². The molecule has 0 radical (unpaired) electrons. The van der Waals surface area contributed by atoms with Crippen LogP contribution in [0.3, 0.4) is 0 Å². The van der Waals surface area contributed by atoms with Gasteiger partial charge in [0, 0.05) is 10.7 Å². The predicted octanol–water partition coefficient (Wildman–Crippen LogP) is 1.34. The molecule has 0 unspecified atom stereocenters. The number of aromatic nitrogens is 3. The van der Waals surface area contributed by atoms with Gasteiger partial charge in [-0.05, 0) is 28.4 Å². The van der Waals surface area contributed by atoms with E-state index < -0.39 is 10.0 Å². The SMILES string of the molecule is CCc1nnc(NS(=O)(=O)c2cc(Br)cnc2NN)s1. The minimum Gasteiger partial charge on any atom is -0.307 e. The molecule has 2 heterocycles. The number of anilines is 2. The third-order valence-corrected chi connectivity index (χ3v) is 5.13. The van der Waals surface area contributed by atoms with Crippen LogP contribution in [0.25, 0.3) is 0 Å². The summed E-state index contributed by atoms with van der Waals surface area (Å²) < 4.78 is 27.5. The predicted molar refractivity (Wildman–Crippen MR) is 79.8 cm³/mol. The molecule has 0 atom stereocenters. The van der Waals surface area contributed by atoms with Crippen LogP contribution in [-0.2, 0) is 16.4 Å². The highest BCUT2D eigenvalue weighted by Gasteiger charge is 2.21. The molecular weight excluding hydrogens is 368 g/mol. The monoisotopic (exact) mass is 378 g/mol. The Hall–Kier alpha value is -1.30. The summed E-state index contributed by atoms with van der Waals surface area (Å²) in [6, 6.07) is 1.40. The van der Waals surface area contributed by atoms with Crippen LogP contribution in [0.4, 0.5) is 10.9 Å². The summed E-state index contributed by atoms with van der Waals surface area (Å²) in [5.41, 5.74) is 2.25. The van der Waals surface area contributed by atoms with Crippen molar-refractivity contribution >= 4 is 48.2 Å². The van der Waals surface area contributed by atoms with Gasteiger partial charge >= 0.3 is 0 Å². The Morgan fingerprint density at radius 2 is 2.20 bits per heavy atom. The number of hydrazine groups is 1. The van der Waals surface area contributed by atoms with Crippen LogP contribution in [0, 0.1) is 0 Å². The number of sulfonamides is 1. The number of halogens is 1. The maximum absolute atomic E-state index is 12.3. The smallest absolute Gasteiger partial charge is 0.267 e. The first-order chi connectivity index (χ1) is 9.46. The van der Waals surface area contributed by atoms with Crippen LogP contribution in [0.5, 0.6) is 0 Å². The molecule has 8 nitrogen and oxygen atoms in total. The Labute approximate surface area is 128 Å². The van der Waals surface area contributed by atoms with Crippen molar-refractivity contribution in [3.63, 3.8) is 0 Å². The van der Waals surface area contributed by atoms with Crippen LogP contribution < -0.4 is 16.0 Å². The zero-order valence-electron chi connectivity index (χ0n) is 10.3.